The van der Waals surface area contributed by atoms with Crippen LogP contribution in [0.5, 0.6) is 5.75 Å². The van der Waals surface area contributed by atoms with Crippen molar-refractivity contribution >= 4 is 16.0 Å². The second-order valence-corrected chi connectivity index (χ2v) is 10.1. The Kier molecular flexibility index (Phi) is 6.50. The Balaban J connectivity index is 1.36. The van der Waals surface area contributed by atoms with Crippen LogP contribution in [0.3, 0.4) is 0 Å². The number of sulfonamides is 1. The molecule has 0 atom stereocenters. The number of aryl methyl sites for hydroxylation is 2. The van der Waals surface area contributed by atoms with Gasteiger partial charge in [0.15, 0.2) is 6.79 Å². The molecule has 9 heteroatoms. The molecule has 1 saturated heterocycles. The van der Waals surface area contributed by atoms with Crippen molar-refractivity contribution in [3.05, 3.63) is 58.4 Å². The number of carbonyl (C=O) groups excluding carboxylic acids is 1. The van der Waals surface area contributed by atoms with Crippen LogP contribution in [0.25, 0.3) is 0 Å². The molecular formula is C23H26FNO6S. The predicted octanol–water partition coefficient (Wildman–Crippen LogP) is 3.45. The lowest BCUT2D eigenvalue weighted by atomic mass is 9.98. The van der Waals surface area contributed by atoms with E-state index >= 15 is 0 Å². The Morgan fingerprint density at radius 1 is 1.16 bits per heavy atom. The van der Waals surface area contributed by atoms with Crippen LogP contribution in [-0.2, 0) is 37.5 Å². The lowest BCUT2D eigenvalue weighted by molar-refractivity contribution is -0.151. The van der Waals surface area contributed by atoms with Gasteiger partial charge in [-0.05, 0) is 62.1 Å². The summed E-state index contributed by atoms with van der Waals surface area (Å²) in [6.07, 6.45) is 0.739. The number of piperidine rings is 1. The summed E-state index contributed by atoms with van der Waals surface area (Å²) in [6, 6.07) is 7.72. The summed E-state index contributed by atoms with van der Waals surface area (Å²) in [4.78, 5) is 12.8. The number of rotatable bonds is 5. The minimum Gasteiger partial charge on any atom is -0.467 e. The fourth-order valence-corrected chi connectivity index (χ4v) is 5.54. The number of nitrogens with zero attached hydrogens (tertiary/aromatic N) is 1. The van der Waals surface area contributed by atoms with Gasteiger partial charge >= 0.3 is 5.97 Å². The molecule has 0 radical (unpaired) electrons. The standard InChI is InChI=1S/C23H26FNO6S/c1-15-3-4-21(9-16(15)2)32(27,28)25-7-5-17(6-8-25)23(26)30-13-19-11-20(24)10-18-12-29-14-31-22(18)19/h3-4,9-11,17H,5-8,12-14H2,1-2H3. The van der Waals surface area contributed by atoms with E-state index in [1.807, 2.05) is 13.8 Å². The fraction of sp³-hybridized carbons (Fsp3) is 0.435. The van der Waals surface area contributed by atoms with Gasteiger partial charge in [-0.2, -0.15) is 4.31 Å². The molecule has 0 saturated carbocycles. The molecule has 0 bridgehead atoms. The second kappa shape index (κ2) is 9.17. The Bertz CT molecular complexity index is 1130. The highest BCUT2D eigenvalue weighted by atomic mass is 32.2. The number of hydrogen-bond acceptors (Lipinski definition) is 6. The summed E-state index contributed by atoms with van der Waals surface area (Å²) in [5.74, 6) is -0.790. The van der Waals surface area contributed by atoms with E-state index < -0.39 is 27.7 Å². The van der Waals surface area contributed by atoms with Crippen molar-refractivity contribution in [3.63, 3.8) is 0 Å². The molecule has 2 aliphatic heterocycles. The zero-order chi connectivity index (χ0) is 22.9. The molecule has 1 fully saturated rings. The van der Waals surface area contributed by atoms with E-state index in [2.05, 4.69) is 0 Å². The molecule has 0 N–H and O–H groups in total. The molecule has 4 rings (SSSR count). The molecule has 32 heavy (non-hydrogen) atoms. The molecule has 2 aromatic carbocycles. The van der Waals surface area contributed by atoms with E-state index in [4.69, 9.17) is 14.2 Å². The largest absolute Gasteiger partial charge is 0.467 e. The number of ether oxygens (including phenoxy) is 3. The van der Waals surface area contributed by atoms with Crippen molar-refractivity contribution in [1.82, 2.24) is 4.31 Å². The first-order chi connectivity index (χ1) is 15.3. The highest BCUT2D eigenvalue weighted by molar-refractivity contribution is 7.89. The van der Waals surface area contributed by atoms with Gasteiger partial charge in [-0.3, -0.25) is 4.79 Å². The Labute approximate surface area is 187 Å². The normalized spacial score (nSPS) is 17.5. The molecule has 2 aliphatic rings. The smallest absolute Gasteiger partial charge is 0.309 e. The molecule has 0 amide bonds. The number of fused-ring (bicyclic) bond motifs is 1. The molecule has 2 aromatic rings. The molecule has 0 spiro atoms. The van der Waals surface area contributed by atoms with Crippen LogP contribution in [0.15, 0.2) is 35.2 Å². The zero-order valence-electron chi connectivity index (χ0n) is 18.1. The van der Waals surface area contributed by atoms with Gasteiger partial charge in [0.05, 0.1) is 17.4 Å². The summed E-state index contributed by atoms with van der Waals surface area (Å²) >= 11 is 0. The maximum atomic E-state index is 13.9. The molecule has 2 heterocycles. The summed E-state index contributed by atoms with van der Waals surface area (Å²) in [6.45, 7) is 4.48. The topological polar surface area (TPSA) is 82.1 Å². The number of hydrogen-bond donors (Lipinski definition) is 0. The second-order valence-electron chi connectivity index (χ2n) is 8.20. The summed E-state index contributed by atoms with van der Waals surface area (Å²) in [5.41, 5.74) is 2.97. The van der Waals surface area contributed by atoms with Crippen LogP contribution in [0.2, 0.25) is 0 Å². The van der Waals surface area contributed by atoms with E-state index in [9.17, 15) is 17.6 Å². The molecule has 0 aliphatic carbocycles. The first-order valence-electron chi connectivity index (χ1n) is 10.5. The van der Waals surface area contributed by atoms with E-state index in [0.29, 0.717) is 29.7 Å². The third-order valence-corrected chi connectivity index (χ3v) is 7.92. The van der Waals surface area contributed by atoms with Crippen molar-refractivity contribution in [2.45, 2.75) is 44.8 Å². The minimum absolute atomic E-state index is 0.0625. The predicted molar refractivity (Wildman–Crippen MR) is 114 cm³/mol. The van der Waals surface area contributed by atoms with Gasteiger partial charge in [-0.15, -0.1) is 0 Å². The van der Waals surface area contributed by atoms with Gasteiger partial charge in [0.1, 0.15) is 18.2 Å². The highest BCUT2D eigenvalue weighted by Gasteiger charge is 2.33. The third-order valence-electron chi connectivity index (χ3n) is 6.03. The highest BCUT2D eigenvalue weighted by Crippen LogP contribution is 2.31. The van der Waals surface area contributed by atoms with Gasteiger partial charge in [0.25, 0.3) is 0 Å². The average molecular weight is 464 g/mol. The van der Waals surface area contributed by atoms with Gasteiger partial charge in [0.2, 0.25) is 10.0 Å². The van der Waals surface area contributed by atoms with Gasteiger partial charge in [-0.25, -0.2) is 12.8 Å². The average Bonchev–Trinajstić information content (AvgIpc) is 2.79. The van der Waals surface area contributed by atoms with E-state index in [1.54, 1.807) is 18.2 Å². The summed E-state index contributed by atoms with van der Waals surface area (Å²) in [5, 5.41) is 0. The van der Waals surface area contributed by atoms with E-state index in [1.165, 1.54) is 16.4 Å². The Morgan fingerprint density at radius 2 is 1.91 bits per heavy atom. The first kappa shape index (κ1) is 22.7. The lowest BCUT2D eigenvalue weighted by Gasteiger charge is -2.30. The Hall–Kier alpha value is -2.49. The molecular weight excluding hydrogens is 437 g/mol. The van der Waals surface area contributed by atoms with Crippen molar-refractivity contribution < 1.29 is 31.8 Å². The molecule has 0 unspecified atom stereocenters. The fourth-order valence-electron chi connectivity index (χ4n) is 3.99. The number of halogens is 1. The molecule has 0 aromatic heterocycles. The van der Waals surface area contributed by atoms with Crippen LogP contribution < -0.4 is 4.74 Å². The summed E-state index contributed by atoms with van der Waals surface area (Å²) in [7, 11) is -3.61. The number of carbonyl (C=O) groups is 1. The Morgan fingerprint density at radius 3 is 2.62 bits per heavy atom. The number of esters is 1. The molecule has 7 nitrogen and oxygen atoms in total. The van der Waals surface area contributed by atoms with E-state index in [0.717, 1.165) is 11.1 Å². The monoisotopic (exact) mass is 463 g/mol. The lowest BCUT2D eigenvalue weighted by Crippen LogP contribution is -2.40. The van der Waals surface area contributed by atoms with Crippen molar-refractivity contribution in [2.24, 2.45) is 5.92 Å². The van der Waals surface area contributed by atoms with Crippen LogP contribution in [0.1, 0.15) is 35.1 Å². The molecule has 172 valence electrons. The first-order valence-corrected chi connectivity index (χ1v) is 12.0. The minimum atomic E-state index is -3.61. The van der Waals surface area contributed by atoms with Crippen LogP contribution in [-0.4, -0.2) is 38.6 Å². The maximum Gasteiger partial charge on any atom is 0.309 e. The van der Waals surface area contributed by atoms with Gasteiger partial charge in [0, 0.05) is 24.2 Å². The zero-order valence-corrected chi connectivity index (χ0v) is 18.9. The van der Waals surface area contributed by atoms with Crippen molar-refractivity contribution in [2.75, 3.05) is 19.9 Å². The third kappa shape index (κ3) is 4.65. The number of benzene rings is 2. The van der Waals surface area contributed by atoms with Crippen molar-refractivity contribution in [3.8, 4) is 5.75 Å². The van der Waals surface area contributed by atoms with Crippen LogP contribution in [0.4, 0.5) is 4.39 Å². The van der Waals surface area contributed by atoms with Crippen molar-refractivity contribution in [1.29, 1.82) is 0 Å². The quantitative estimate of drug-likeness (QED) is 0.632. The van der Waals surface area contributed by atoms with Gasteiger partial charge in [-0.1, -0.05) is 6.07 Å². The van der Waals surface area contributed by atoms with E-state index in [-0.39, 0.29) is 38.0 Å². The summed E-state index contributed by atoms with van der Waals surface area (Å²) < 4.78 is 57.2. The maximum absolute atomic E-state index is 13.9. The van der Waals surface area contributed by atoms with Gasteiger partial charge < -0.3 is 14.2 Å². The van der Waals surface area contributed by atoms with Crippen LogP contribution in [0, 0.1) is 25.6 Å². The SMILES string of the molecule is Cc1ccc(S(=O)(=O)N2CCC(C(=O)OCc3cc(F)cc4c3OCOC4)CC2)cc1C. The van der Waals surface area contributed by atoms with Crippen LogP contribution >= 0.6 is 0 Å².